The quantitative estimate of drug-likeness (QED) is 0.779. The molecule has 0 aromatic heterocycles. The molecule has 0 radical (unpaired) electrons. The van der Waals surface area contributed by atoms with E-state index in [4.69, 9.17) is 5.11 Å². The molecule has 2 rings (SSSR count). The van der Waals surface area contributed by atoms with Crippen molar-refractivity contribution < 1.29 is 18.3 Å². The number of aliphatic hydroxyl groups excluding tert-OH is 1. The molecular formula is C17H25F3N2O. The number of piperazine rings is 1. The monoisotopic (exact) mass is 330 g/mol. The van der Waals surface area contributed by atoms with Gasteiger partial charge in [-0.2, -0.15) is 13.2 Å². The average molecular weight is 330 g/mol. The Labute approximate surface area is 135 Å². The van der Waals surface area contributed by atoms with E-state index >= 15 is 0 Å². The minimum Gasteiger partial charge on any atom is -0.396 e. The molecule has 1 aliphatic heterocycles. The highest BCUT2D eigenvalue weighted by molar-refractivity contribution is 5.25. The fourth-order valence-electron chi connectivity index (χ4n) is 2.90. The van der Waals surface area contributed by atoms with Gasteiger partial charge in [-0.1, -0.05) is 18.2 Å². The lowest BCUT2D eigenvalue weighted by Crippen LogP contribution is -2.46. The van der Waals surface area contributed by atoms with Crippen molar-refractivity contribution in [3.8, 4) is 0 Å². The first-order valence-corrected chi connectivity index (χ1v) is 8.21. The number of unbranched alkanes of at least 4 members (excludes halogenated alkanes) is 2. The van der Waals surface area contributed by atoms with Gasteiger partial charge in [0.1, 0.15) is 0 Å². The summed E-state index contributed by atoms with van der Waals surface area (Å²) in [5.74, 6) is 0. The normalized spacial score (nSPS) is 17.6. The molecule has 0 amide bonds. The van der Waals surface area contributed by atoms with Crippen molar-refractivity contribution in [2.45, 2.75) is 32.0 Å². The number of aliphatic hydroxyl groups is 1. The smallest absolute Gasteiger partial charge is 0.396 e. The van der Waals surface area contributed by atoms with Crippen LogP contribution in [0.5, 0.6) is 0 Å². The number of alkyl halides is 3. The summed E-state index contributed by atoms with van der Waals surface area (Å²) in [7, 11) is 0. The lowest BCUT2D eigenvalue weighted by Gasteiger charge is -2.34. The van der Waals surface area contributed by atoms with Crippen LogP contribution in [-0.2, 0) is 12.7 Å². The third-order valence-corrected chi connectivity index (χ3v) is 4.26. The Morgan fingerprint density at radius 2 is 1.65 bits per heavy atom. The summed E-state index contributed by atoms with van der Waals surface area (Å²) in [5, 5.41) is 8.76. The van der Waals surface area contributed by atoms with Gasteiger partial charge in [0.2, 0.25) is 0 Å². The second kappa shape index (κ2) is 8.66. The van der Waals surface area contributed by atoms with Crippen LogP contribution in [-0.4, -0.2) is 54.2 Å². The van der Waals surface area contributed by atoms with E-state index in [1.54, 1.807) is 6.07 Å². The first-order valence-electron chi connectivity index (χ1n) is 8.21. The van der Waals surface area contributed by atoms with Crippen molar-refractivity contribution in [2.75, 3.05) is 39.3 Å². The predicted molar refractivity (Wildman–Crippen MR) is 84.1 cm³/mol. The largest absolute Gasteiger partial charge is 0.416 e. The molecule has 0 saturated carbocycles. The van der Waals surface area contributed by atoms with Crippen molar-refractivity contribution in [3.05, 3.63) is 35.4 Å². The van der Waals surface area contributed by atoms with E-state index in [0.29, 0.717) is 6.54 Å². The molecule has 1 fully saturated rings. The Morgan fingerprint density at radius 3 is 2.30 bits per heavy atom. The molecule has 0 aliphatic carbocycles. The molecule has 1 saturated heterocycles. The van der Waals surface area contributed by atoms with E-state index in [-0.39, 0.29) is 6.61 Å². The number of benzene rings is 1. The summed E-state index contributed by atoms with van der Waals surface area (Å²) in [6.45, 7) is 5.55. The molecule has 6 heteroatoms. The maximum Gasteiger partial charge on any atom is 0.416 e. The zero-order valence-corrected chi connectivity index (χ0v) is 13.4. The minimum atomic E-state index is -4.27. The molecule has 130 valence electrons. The van der Waals surface area contributed by atoms with Gasteiger partial charge in [-0.05, 0) is 37.4 Å². The van der Waals surface area contributed by atoms with Crippen LogP contribution in [0.2, 0.25) is 0 Å². The molecule has 0 bridgehead atoms. The molecule has 1 heterocycles. The van der Waals surface area contributed by atoms with Gasteiger partial charge >= 0.3 is 6.18 Å². The van der Waals surface area contributed by atoms with Crippen molar-refractivity contribution in [1.82, 2.24) is 9.80 Å². The Hall–Kier alpha value is -1.11. The van der Waals surface area contributed by atoms with E-state index < -0.39 is 11.7 Å². The van der Waals surface area contributed by atoms with Gasteiger partial charge in [-0.25, -0.2) is 0 Å². The molecule has 0 atom stereocenters. The topological polar surface area (TPSA) is 26.7 Å². The van der Waals surface area contributed by atoms with Crippen LogP contribution in [0.3, 0.4) is 0 Å². The van der Waals surface area contributed by atoms with Gasteiger partial charge < -0.3 is 10.0 Å². The molecule has 1 aromatic carbocycles. The van der Waals surface area contributed by atoms with Crippen LogP contribution in [0.4, 0.5) is 13.2 Å². The molecule has 0 spiro atoms. The Balaban J connectivity index is 1.76. The minimum absolute atomic E-state index is 0.255. The van der Waals surface area contributed by atoms with Gasteiger partial charge in [0.25, 0.3) is 0 Å². The van der Waals surface area contributed by atoms with Crippen LogP contribution in [0.25, 0.3) is 0 Å². The molecular weight excluding hydrogens is 305 g/mol. The van der Waals surface area contributed by atoms with Crippen molar-refractivity contribution in [3.63, 3.8) is 0 Å². The second-order valence-electron chi connectivity index (χ2n) is 6.10. The summed E-state index contributed by atoms with van der Waals surface area (Å²) < 4.78 is 38.2. The van der Waals surface area contributed by atoms with Gasteiger partial charge in [0.15, 0.2) is 0 Å². The fraction of sp³-hybridized carbons (Fsp3) is 0.647. The van der Waals surface area contributed by atoms with Crippen LogP contribution >= 0.6 is 0 Å². The maximum absolute atomic E-state index is 12.7. The number of hydrogen-bond donors (Lipinski definition) is 1. The van der Waals surface area contributed by atoms with Crippen molar-refractivity contribution >= 4 is 0 Å². The SMILES string of the molecule is OCCCCCN1CCN(Cc2cccc(C(F)(F)F)c2)CC1. The highest BCUT2D eigenvalue weighted by Crippen LogP contribution is 2.29. The summed E-state index contributed by atoms with van der Waals surface area (Å²) in [4.78, 5) is 4.60. The van der Waals surface area contributed by atoms with Crippen LogP contribution in [0.1, 0.15) is 30.4 Å². The van der Waals surface area contributed by atoms with E-state index in [9.17, 15) is 13.2 Å². The van der Waals surface area contributed by atoms with Crippen molar-refractivity contribution in [2.24, 2.45) is 0 Å². The van der Waals surface area contributed by atoms with Crippen LogP contribution in [0.15, 0.2) is 24.3 Å². The van der Waals surface area contributed by atoms with E-state index in [0.717, 1.165) is 63.6 Å². The zero-order chi connectivity index (χ0) is 16.7. The molecule has 0 unspecified atom stereocenters. The van der Waals surface area contributed by atoms with E-state index in [1.807, 2.05) is 0 Å². The lowest BCUT2D eigenvalue weighted by molar-refractivity contribution is -0.137. The Bertz CT molecular complexity index is 471. The van der Waals surface area contributed by atoms with Crippen LogP contribution < -0.4 is 0 Å². The number of halogens is 3. The molecule has 1 aliphatic rings. The summed E-state index contributed by atoms with van der Waals surface area (Å²) in [6, 6.07) is 5.61. The van der Waals surface area contributed by atoms with Gasteiger partial charge in [0.05, 0.1) is 5.56 Å². The molecule has 1 N–H and O–H groups in total. The zero-order valence-electron chi connectivity index (χ0n) is 13.4. The van der Waals surface area contributed by atoms with Crippen molar-refractivity contribution in [1.29, 1.82) is 0 Å². The molecule has 3 nitrogen and oxygen atoms in total. The number of hydrogen-bond acceptors (Lipinski definition) is 3. The summed E-state index contributed by atoms with van der Waals surface area (Å²) in [5.41, 5.74) is 0.147. The van der Waals surface area contributed by atoms with Gasteiger partial charge in [0, 0.05) is 39.3 Å². The molecule has 23 heavy (non-hydrogen) atoms. The van der Waals surface area contributed by atoms with E-state index in [2.05, 4.69) is 9.80 Å². The highest BCUT2D eigenvalue weighted by Gasteiger charge is 2.30. The summed E-state index contributed by atoms with van der Waals surface area (Å²) in [6.07, 6.45) is -1.28. The standard InChI is InChI=1S/C17H25F3N2O/c18-17(19,20)16-6-4-5-15(13-16)14-22-10-8-21(9-11-22)7-2-1-3-12-23/h4-6,13,23H,1-3,7-12,14H2. The van der Waals surface area contributed by atoms with E-state index in [1.165, 1.54) is 12.1 Å². The molecule has 1 aromatic rings. The highest BCUT2D eigenvalue weighted by atomic mass is 19.4. The van der Waals surface area contributed by atoms with Gasteiger partial charge in [-0.3, -0.25) is 4.90 Å². The first kappa shape index (κ1) is 18.2. The fourth-order valence-corrected chi connectivity index (χ4v) is 2.90. The number of rotatable bonds is 7. The second-order valence-corrected chi connectivity index (χ2v) is 6.10. The average Bonchev–Trinajstić information content (AvgIpc) is 2.53. The Morgan fingerprint density at radius 1 is 0.957 bits per heavy atom. The third-order valence-electron chi connectivity index (χ3n) is 4.26. The summed E-state index contributed by atoms with van der Waals surface area (Å²) >= 11 is 0. The lowest BCUT2D eigenvalue weighted by atomic mass is 10.1. The first-order chi connectivity index (χ1) is 11.0. The van der Waals surface area contributed by atoms with Gasteiger partial charge in [-0.15, -0.1) is 0 Å². The maximum atomic E-state index is 12.7. The number of nitrogens with zero attached hydrogens (tertiary/aromatic N) is 2. The third kappa shape index (κ3) is 6.12. The Kier molecular flexibility index (Phi) is 6.87. The van der Waals surface area contributed by atoms with Crippen LogP contribution in [0, 0.1) is 0 Å². The predicted octanol–water partition coefficient (Wildman–Crippen LogP) is 2.99.